The summed E-state index contributed by atoms with van der Waals surface area (Å²) >= 11 is 0. The van der Waals surface area contributed by atoms with Crippen LogP contribution in [-0.4, -0.2) is 24.0 Å². The quantitative estimate of drug-likeness (QED) is 0.739. The lowest BCUT2D eigenvalue weighted by Gasteiger charge is -2.47. The van der Waals surface area contributed by atoms with Crippen LogP contribution in [0, 0.1) is 5.92 Å². The SMILES string of the molecule is C[C@@H]1C[C@H](c2ccccc2)[C@H]2CCCCN2C1.Cl. The first-order chi connectivity index (χ1) is 8.34. The summed E-state index contributed by atoms with van der Waals surface area (Å²) in [7, 11) is 0. The molecule has 0 amide bonds. The lowest BCUT2D eigenvalue weighted by Crippen LogP contribution is -2.49. The summed E-state index contributed by atoms with van der Waals surface area (Å²) in [5.41, 5.74) is 1.57. The molecule has 2 saturated heterocycles. The molecule has 1 nitrogen and oxygen atoms in total. The number of hydrogen-bond donors (Lipinski definition) is 0. The maximum Gasteiger partial charge on any atom is 0.0164 e. The van der Waals surface area contributed by atoms with Gasteiger partial charge < -0.3 is 0 Å². The Labute approximate surface area is 117 Å². The van der Waals surface area contributed by atoms with E-state index < -0.39 is 0 Å². The largest absolute Gasteiger partial charge is 0.300 e. The van der Waals surface area contributed by atoms with E-state index in [-0.39, 0.29) is 12.4 Å². The van der Waals surface area contributed by atoms with Gasteiger partial charge in [-0.05, 0) is 43.2 Å². The first-order valence-corrected chi connectivity index (χ1v) is 7.13. The third kappa shape index (κ3) is 2.73. The second-order valence-corrected chi connectivity index (χ2v) is 5.92. The zero-order chi connectivity index (χ0) is 11.7. The van der Waals surface area contributed by atoms with Gasteiger partial charge in [-0.25, -0.2) is 0 Å². The highest BCUT2D eigenvalue weighted by Crippen LogP contribution is 2.39. The van der Waals surface area contributed by atoms with E-state index in [0.717, 1.165) is 17.9 Å². The van der Waals surface area contributed by atoms with Crippen molar-refractivity contribution in [1.82, 2.24) is 4.90 Å². The van der Waals surface area contributed by atoms with Crippen molar-refractivity contribution < 1.29 is 0 Å². The van der Waals surface area contributed by atoms with Crippen LogP contribution in [0.4, 0.5) is 0 Å². The Balaban J connectivity index is 0.00000120. The fourth-order valence-electron chi connectivity index (χ4n) is 3.82. The first-order valence-electron chi connectivity index (χ1n) is 7.13. The van der Waals surface area contributed by atoms with Crippen molar-refractivity contribution in [2.45, 2.75) is 44.6 Å². The molecule has 0 unspecified atom stereocenters. The molecule has 1 aromatic carbocycles. The van der Waals surface area contributed by atoms with Gasteiger partial charge in [0.2, 0.25) is 0 Å². The Kier molecular flexibility index (Phi) is 4.69. The Morgan fingerprint density at radius 2 is 1.89 bits per heavy atom. The predicted octanol–water partition coefficient (Wildman–Crippen LogP) is 4.09. The molecule has 2 heteroatoms. The van der Waals surface area contributed by atoms with Crippen molar-refractivity contribution in [3.8, 4) is 0 Å². The molecule has 2 aliphatic heterocycles. The Morgan fingerprint density at radius 3 is 2.67 bits per heavy atom. The minimum Gasteiger partial charge on any atom is -0.300 e. The third-order valence-electron chi connectivity index (χ3n) is 4.56. The molecule has 0 spiro atoms. The Hall–Kier alpha value is -0.530. The maximum absolute atomic E-state index is 2.76. The minimum absolute atomic E-state index is 0. The fraction of sp³-hybridized carbons (Fsp3) is 0.625. The Morgan fingerprint density at radius 1 is 1.11 bits per heavy atom. The molecule has 0 N–H and O–H groups in total. The van der Waals surface area contributed by atoms with Gasteiger partial charge in [-0.15, -0.1) is 12.4 Å². The highest BCUT2D eigenvalue weighted by Gasteiger charge is 2.36. The number of rotatable bonds is 1. The van der Waals surface area contributed by atoms with Gasteiger partial charge >= 0.3 is 0 Å². The van der Waals surface area contributed by atoms with Gasteiger partial charge in [-0.1, -0.05) is 43.7 Å². The van der Waals surface area contributed by atoms with Gasteiger partial charge in [0.15, 0.2) is 0 Å². The van der Waals surface area contributed by atoms with Crippen molar-refractivity contribution >= 4 is 12.4 Å². The van der Waals surface area contributed by atoms with Crippen molar-refractivity contribution in [3.05, 3.63) is 35.9 Å². The molecule has 18 heavy (non-hydrogen) atoms. The average molecular weight is 266 g/mol. The minimum atomic E-state index is 0. The molecule has 0 bridgehead atoms. The van der Waals surface area contributed by atoms with E-state index in [0.29, 0.717) is 0 Å². The van der Waals surface area contributed by atoms with Crippen LogP contribution in [0.5, 0.6) is 0 Å². The van der Waals surface area contributed by atoms with E-state index in [1.165, 1.54) is 38.8 Å². The van der Waals surface area contributed by atoms with E-state index in [2.05, 4.69) is 42.2 Å². The lowest BCUT2D eigenvalue weighted by atomic mass is 9.76. The van der Waals surface area contributed by atoms with E-state index in [1.807, 2.05) is 0 Å². The Bertz CT molecular complexity index is 365. The van der Waals surface area contributed by atoms with Crippen LogP contribution in [0.3, 0.4) is 0 Å². The summed E-state index contributed by atoms with van der Waals surface area (Å²) in [6.07, 6.45) is 5.63. The second-order valence-electron chi connectivity index (χ2n) is 5.92. The molecule has 0 aliphatic carbocycles. The van der Waals surface area contributed by atoms with E-state index >= 15 is 0 Å². The molecule has 0 saturated carbocycles. The number of benzene rings is 1. The molecule has 1 aromatic rings. The van der Waals surface area contributed by atoms with Crippen LogP contribution in [0.2, 0.25) is 0 Å². The van der Waals surface area contributed by atoms with Crippen LogP contribution >= 0.6 is 12.4 Å². The molecule has 0 aromatic heterocycles. The number of piperidine rings is 2. The number of hydrogen-bond acceptors (Lipinski definition) is 1. The predicted molar refractivity (Wildman–Crippen MR) is 79.4 cm³/mol. The highest BCUT2D eigenvalue weighted by molar-refractivity contribution is 5.85. The van der Waals surface area contributed by atoms with Crippen molar-refractivity contribution in [2.24, 2.45) is 5.92 Å². The first kappa shape index (κ1) is 13.9. The van der Waals surface area contributed by atoms with Gasteiger partial charge in [-0.2, -0.15) is 0 Å². The molecule has 2 fully saturated rings. The van der Waals surface area contributed by atoms with Gasteiger partial charge in [0.25, 0.3) is 0 Å². The zero-order valence-electron chi connectivity index (χ0n) is 11.2. The molecular formula is C16H24ClN. The van der Waals surface area contributed by atoms with Crippen LogP contribution in [0.15, 0.2) is 30.3 Å². The normalized spacial score (nSPS) is 32.4. The summed E-state index contributed by atoms with van der Waals surface area (Å²) in [4.78, 5) is 2.76. The lowest BCUT2D eigenvalue weighted by molar-refractivity contribution is 0.0618. The van der Waals surface area contributed by atoms with Crippen LogP contribution in [0.1, 0.15) is 44.1 Å². The highest BCUT2D eigenvalue weighted by atomic mass is 35.5. The van der Waals surface area contributed by atoms with Crippen molar-refractivity contribution in [2.75, 3.05) is 13.1 Å². The van der Waals surface area contributed by atoms with Crippen molar-refractivity contribution in [1.29, 1.82) is 0 Å². The fourth-order valence-corrected chi connectivity index (χ4v) is 3.82. The zero-order valence-corrected chi connectivity index (χ0v) is 12.0. The topological polar surface area (TPSA) is 3.24 Å². The standard InChI is InChI=1S/C16H23N.ClH/c1-13-11-15(14-7-3-2-4-8-14)16-9-5-6-10-17(16)12-13;/h2-4,7-8,13,15-16H,5-6,9-12H2,1H3;1H/t13-,15-,16-;/m1./s1. The summed E-state index contributed by atoms with van der Waals surface area (Å²) in [5.74, 6) is 1.63. The molecule has 3 rings (SSSR count). The summed E-state index contributed by atoms with van der Waals surface area (Å²) in [6, 6.07) is 12.0. The average Bonchev–Trinajstić information content (AvgIpc) is 2.39. The number of fused-ring (bicyclic) bond motifs is 1. The third-order valence-corrected chi connectivity index (χ3v) is 4.56. The van der Waals surface area contributed by atoms with Gasteiger partial charge in [0, 0.05) is 12.6 Å². The van der Waals surface area contributed by atoms with Crippen LogP contribution in [-0.2, 0) is 0 Å². The molecule has 0 radical (unpaired) electrons. The van der Waals surface area contributed by atoms with Crippen LogP contribution < -0.4 is 0 Å². The van der Waals surface area contributed by atoms with Gasteiger partial charge in [0.1, 0.15) is 0 Å². The smallest absolute Gasteiger partial charge is 0.0164 e. The van der Waals surface area contributed by atoms with Crippen LogP contribution in [0.25, 0.3) is 0 Å². The number of halogens is 1. The number of nitrogens with zero attached hydrogens (tertiary/aromatic N) is 1. The maximum atomic E-state index is 2.76. The van der Waals surface area contributed by atoms with Gasteiger partial charge in [0.05, 0.1) is 0 Å². The van der Waals surface area contributed by atoms with E-state index in [4.69, 9.17) is 0 Å². The molecule has 2 aliphatic rings. The second kappa shape index (κ2) is 6.08. The van der Waals surface area contributed by atoms with Gasteiger partial charge in [-0.3, -0.25) is 4.90 Å². The van der Waals surface area contributed by atoms with Crippen molar-refractivity contribution in [3.63, 3.8) is 0 Å². The summed E-state index contributed by atoms with van der Waals surface area (Å²) < 4.78 is 0. The van der Waals surface area contributed by atoms with E-state index in [1.54, 1.807) is 5.56 Å². The summed E-state index contributed by atoms with van der Waals surface area (Å²) in [6.45, 7) is 5.08. The molecule has 100 valence electrons. The molecular weight excluding hydrogens is 242 g/mol. The monoisotopic (exact) mass is 265 g/mol. The summed E-state index contributed by atoms with van der Waals surface area (Å²) in [5, 5.41) is 0. The molecule has 3 atom stereocenters. The van der Waals surface area contributed by atoms with E-state index in [9.17, 15) is 0 Å². The molecule has 2 heterocycles.